The third-order valence-corrected chi connectivity index (χ3v) is 5.74. The van der Waals surface area contributed by atoms with Crippen molar-refractivity contribution in [2.75, 3.05) is 0 Å². The van der Waals surface area contributed by atoms with Crippen molar-refractivity contribution in [2.24, 2.45) is 0 Å². The van der Waals surface area contributed by atoms with Crippen molar-refractivity contribution < 1.29 is 9.59 Å². The smallest absolute Gasteiger partial charge is 0.321 e. The quantitative estimate of drug-likeness (QED) is 0.566. The summed E-state index contributed by atoms with van der Waals surface area (Å²) < 4.78 is 1.92. The van der Waals surface area contributed by atoms with Crippen LogP contribution in [0.5, 0.6) is 0 Å². The summed E-state index contributed by atoms with van der Waals surface area (Å²) in [5, 5.41) is 13.9. The number of carbonyl (C=O) groups is 2. The van der Waals surface area contributed by atoms with Crippen LogP contribution in [0.15, 0.2) is 47.9 Å². The van der Waals surface area contributed by atoms with E-state index in [1.54, 1.807) is 19.3 Å². The third-order valence-electron chi connectivity index (χ3n) is 4.70. The van der Waals surface area contributed by atoms with Crippen molar-refractivity contribution in [1.82, 2.24) is 30.4 Å². The van der Waals surface area contributed by atoms with Gasteiger partial charge in [-0.3, -0.25) is 19.7 Å². The van der Waals surface area contributed by atoms with Gasteiger partial charge in [-0.2, -0.15) is 0 Å². The fraction of sp³-hybridized carbons (Fsp3) is 0.348. The van der Waals surface area contributed by atoms with Gasteiger partial charge in [0.05, 0.1) is 10.9 Å². The predicted octanol–water partition coefficient (Wildman–Crippen LogP) is 4.05. The fourth-order valence-corrected chi connectivity index (χ4v) is 3.80. The molecule has 0 aliphatic carbocycles. The van der Waals surface area contributed by atoms with E-state index in [-0.39, 0.29) is 0 Å². The van der Waals surface area contributed by atoms with E-state index in [2.05, 4.69) is 38.8 Å². The Hall–Kier alpha value is -3.20. The van der Waals surface area contributed by atoms with E-state index in [9.17, 15) is 9.59 Å². The van der Waals surface area contributed by atoms with Crippen LogP contribution >= 0.6 is 11.8 Å². The Morgan fingerprint density at radius 2 is 1.72 bits per heavy atom. The normalized spacial score (nSPS) is 12.3. The maximum Gasteiger partial charge on any atom is 0.321 e. The number of amides is 3. The number of benzene rings is 1. The van der Waals surface area contributed by atoms with Crippen molar-refractivity contribution in [3.63, 3.8) is 0 Å². The van der Waals surface area contributed by atoms with Gasteiger partial charge in [-0.05, 0) is 76.9 Å². The molecule has 9 heteroatoms. The summed E-state index contributed by atoms with van der Waals surface area (Å²) in [6, 6.07) is 9.31. The van der Waals surface area contributed by atoms with E-state index in [4.69, 9.17) is 0 Å². The number of urea groups is 1. The average molecular weight is 453 g/mol. The number of hydrogen-bond donors (Lipinski definition) is 2. The van der Waals surface area contributed by atoms with Gasteiger partial charge < -0.3 is 5.32 Å². The van der Waals surface area contributed by atoms with Crippen LogP contribution in [0.3, 0.4) is 0 Å². The van der Waals surface area contributed by atoms with Crippen LogP contribution in [0.1, 0.15) is 38.8 Å². The van der Waals surface area contributed by atoms with Crippen molar-refractivity contribution in [3.05, 3.63) is 53.9 Å². The molecule has 8 nitrogen and oxygen atoms in total. The second-order valence-electron chi connectivity index (χ2n) is 8.60. The fourth-order valence-electron chi connectivity index (χ4n) is 2.93. The highest BCUT2D eigenvalue weighted by molar-refractivity contribution is 8.00. The summed E-state index contributed by atoms with van der Waals surface area (Å²) in [6.07, 6.45) is 3.40. The predicted molar refractivity (Wildman–Crippen MR) is 126 cm³/mol. The van der Waals surface area contributed by atoms with Crippen molar-refractivity contribution in [1.29, 1.82) is 0 Å². The molecule has 3 amide bonds. The Balaban J connectivity index is 1.91. The Bertz CT molecular complexity index is 1120. The van der Waals surface area contributed by atoms with Crippen LogP contribution < -0.4 is 10.6 Å². The maximum atomic E-state index is 12.6. The Labute approximate surface area is 192 Å². The average Bonchev–Trinajstić information content (AvgIpc) is 3.12. The minimum absolute atomic E-state index is 0.406. The molecule has 32 heavy (non-hydrogen) atoms. The first-order chi connectivity index (χ1) is 15.0. The summed E-state index contributed by atoms with van der Waals surface area (Å²) in [5.74, 6) is 0.244. The number of imide groups is 1. The molecule has 3 rings (SSSR count). The Kier molecular flexibility index (Phi) is 6.98. The SMILES string of the molecule is Cc1ccc(-n2c(SC(C)C(=O)NC(=O)NC(C)(C)C)nnc2-c2ccncc2)cc1C. The molecule has 0 saturated heterocycles. The standard InChI is InChI=1S/C23H28N6O2S/c1-14-7-8-18(13-15(14)2)29-19(17-9-11-24-12-10-17)27-28-22(29)32-16(3)20(30)25-21(31)26-23(4,5)6/h7-13,16H,1-6H3,(H2,25,26,30,31). The van der Waals surface area contributed by atoms with Gasteiger partial charge in [0.25, 0.3) is 0 Å². The summed E-state index contributed by atoms with van der Waals surface area (Å²) in [7, 11) is 0. The van der Waals surface area contributed by atoms with Gasteiger partial charge in [-0.15, -0.1) is 10.2 Å². The maximum absolute atomic E-state index is 12.6. The number of thioether (sulfide) groups is 1. The lowest BCUT2D eigenvalue weighted by Crippen LogP contribution is -2.49. The van der Waals surface area contributed by atoms with Gasteiger partial charge in [0.15, 0.2) is 11.0 Å². The lowest BCUT2D eigenvalue weighted by atomic mass is 10.1. The molecule has 0 aliphatic heterocycles. The molecule has 1 atom stereocenters. The van der Waals surface area contributed by atoms with Gasteiger partial charge >= 0.3 is 6.03 Å². The largest absolute Gasteiger partial charge is 0.333 e. The number of aromatic nitrogens is 4. The van der Waals surface area contributed by atoms with E-state index in [0.717, 1.165) is 16.8 Å². The molecule has 0 aliphatic rings. The monoisotopic (exact) mass is 452 g/mol. The van der Waals surface area contributed by atoms with E-state index < -0.39 is 22.7 Å². The highest BCUT2D eigenvalue weighted by atomic mass is 32.2. The molecule has 1 aromatic carbocycles. The molecular weight excluding hydrogens is 424 g/mol. The number of carbonyl (C=O) groups excluding carboxylic acids is 2. The van der Waals surface area contributed by atoms with Crippen LogP contribution in [0.4, 0.5) is 4.79 Å². The van der Waals surface area contributed by atoms with Gasteiger partial charge in [0, 0.05) is 23.5 Å². The number of nitrogens with zero attached hydrogens (tertiary/aromatic N) is 4. The van der Waals surface area contributed by atoms with Crippen molar-refractivity contribution >= 4 is 23.7 Å². The molecule has 0 radical (unpaired) electrons. The van der Waals surface area contributed by atoms with Crippen LogP contribution in [0.2, 0.25) is 0 Å². The number of nitrogens with one attached hydrogen (secondary N) is 2. The van der Waals surface area contributed by atoms with Crippen LogP contribution in [0, 0.1) is 13.8 Å². The summed E-state index contributed by atoms with van der Waals surface area (Å²) >= 11 is 1.24. The zero-order valence-electron chi connectivity index (χ0n) is 19.1. The van der Waals surface area contributed by atoms with Gasteiger partial charge in [-0.1, -0.05) is 17.8 Å². The van der Waals surface area contributed by atoms with E-state index in [0.29, 0.717) is 11.0 Å². The third kappa shape index (κ3) is 5.73. The highest BCUT2D eigenvalue weighted by Crippen LogP contribution is 2.30. The van der Waals surface area contributed by atoms with Crippen molar-refractivity contribution in [3.8, 4) is 17.1 Å². The molecule has 2 aromatic heterocycles. The minimum Gasteiger partial charge on any atom is -0.333 e. The molecule has 2 heterocycles. The lowest BCUT2D eigenvalue weighted by Gasteiger charge is -2.21. The first-order valence-corrected chi connectivity index (χ1v) is 11.2. The molecule has 0 spiro atoms. The Morgan fingerprint density at radius 1 is 1.03 bits per heavy atom. The van der Waals surface area contributed by atoms with Gasteiger partial charge in [0.1, 0.15) is 0 Å². The topological polar surface area (TPSA) is 102 Å². The number of rotatable bonds is 5. The molecule has 168 valence electrons. The zero-order valence-corrected chi connectivity index (χ0v) is 19.9. The van der Waals surface area contributed by atoms with Crippen molar-refractivity contribution in [2.45, 2.75) is 57.5 Å². The van der Waals surface area contributed by atoms with Crippen LogP contribution in [-0.2, 0) is 4.79 Å². The molecule has 1 unspecified atom stereocenters. The van der Waals surface area contributed by atoms with E-state index >= 15 is 0 Å². The number of hydrogen-bond acceptors (Lipinski definition) is 6. The molecule has 2 N–H and O–H groups in total. The summed E-state index contributed by atoms with van der Waals surface area (Å²) in [5.41, 5.74) is 3.63. The molecule has 0 fully saturated rings. The van der Waals surface area contributed by atoms with Crippen LogP contribution in [-0.4, -0.2) is 42.5 Å². The van der Waals surface area contributed by atoms with Gasteiger partial charge in [-0.25, -0.2) is 4.79 Å². The number of pyridine rings is 1. The first-order valence-electron chi connectivity index (χ1n) is 10.3. The first kappa shape index (κ1) is 23.5. The molecular formula is C23H28N6O2S. The van der Waals surface area contributed by atoms with E-state index in [1.807, 2.05) is 56.5 Å². The minimum atomic E-state index is -0.569. The lowest BCUT2D eigenvalue weighted by molar-refractivity contribution is -0.119. The molecule has 3 aromatic rings. The highest BCUT2D eigenvalue weighted by Gasteiger charge is 2.24. The van der Waals surface area contributed by atoms with Crippen LogP contribution in [0.25, 0.3) is 17.1 Å². The molecule has 0 saturated carbocycles. The number of aryl methyl sites for hydroxylation is 2. The Morgan fingerprint density at radius 3 is 2.34 bits per heavy atom. The zero-order chi connectivity index (χ0) is 23.5. The summed E-state index contributed by atoms with van der Waals surface area (Å²) in [6.45, 7) is 11.4. The van der Waals surface area contributed by atoms with E-state index in [1.165, 1.54) is 17.3 Å². The molecule has 0 bridgehead atoms. The summed E-state index contributed by atoms with van der Waals surface area (Å²) in [4.78, 5) is 28.8. The second kappa shape index (κ2) is 9.52. The second-order valence-corrected chi connectivity index (χ2v) is 9.91. The van der Waals surface area contributed by atoms with Gasteiger partial charge in [0.2, 0.25) is 5.91 Å².